The third-order valence-electron chi connectivity index (χ3n) is 17.0. The number of benzene rings is 11. The molecule has 2 aliphatic heterocycles. The van der Waals surface area contributed by atoms with Gasteiger partial charge in [-0.25, -0.2) is 0 Å². The molecule has 0 saturated heterocycles. The summed E-state index contributed by atoms with van der Waals surface area (Å²) in [5.41, 5.74) is 17.2. The first-order valence-electron chi connectivity index (χ1n) is 25.0. The van der Waals surface area contributed by atoms with Crippen molar-refractivity contribution in [1.29, 1.82) is 0 Å². The molecular formula is C66H42O4Si2. The van der Waals surface area contributed by atoms with Crippen LogP contribution in [0, 0.1) is 0 Å². The van der Waals surface area contributed by atoms with Gasteiger partial charge in [-0.2, -0.15) is 0 Å². The highest BCUT2D eigenvalue weighted by Gasteiger charge is 2.46. The van der Waals surface area contributed by atoms with Crippen molar-refractivity contribution in [2.24, 2.45) is 0 Å². The molecule has 6 heterocycles. The lowest BCUT2D eigenvalue weighted by molar-refractivity contribution is 0.668. The maximum atomic E-state index is 7.14. The van der Waals surface area contributed by atoms with Crippen molar-refractivity contribution in [3.63, 3.8) is 0 Å². The number of rotatable bonds is 2. The van der Waals surface area contributed by atoms with E-state index in [4.69, 9.17) is 17.7 Å². The zero-order chi connectivity index (χ0) is 47.5. The highest BCUT2D eigenvalue weighted by atomic mass is 28.3. The molecular weight excluding hydrogens is 913 g/mol. The molecule has 15 aromatic rings. The van der Waals surface area contributed by atoms with Gasteiger partial charge < -0.3 is 17.7 Å². The maximum Gasteiger partial charge on any atom is 0.143 e. The van der Waals surface area contributed by atoms with Crippen molar-refractivity contribution in [3.8, 4) is 44.5 Å². The monoisotopic (exact) mass is 954 g/mol. The fraction of sp³-hybridized carbons (Fsp3) is 0.0606. The third-order valence-corrected chi connectivity index (χ3v) is 24.0. The average molecular weight is 955 g/mol. The van der Waals surface area contributed by atoms with E-state index in [9.17, 15) is 0 Å². The molecule has 6 heteroatoms. The molecule has 0 radical (unpaired) electrons. The van der Waals surface area contributed by atoms with Crippen LogP contribution in [-0.4, -0.2) is 16.1 Å². The molecule has 0 unspecified atom stereocenters. The summed E-state index contributed by atoms with van der Waals surface area (Å²) in [5, 5.41) is 19.8. The van der Waals surface area contributed by atoms with E-state index < -0.39 is 16.1 Å². The molecule has 17 rings (SSSR count). The van der Waals surface area contributed by atoms with Crippen molar-refractivity contribution in [2.75, 3.05) is 0 Å². The summed E-state index contributed by atoms with van der Waals surface area (Å²) >= 11 is 0. The number of hydrogen-bond acceptors (Lipinski definition) is 4. The number of para-hydroxylation sites is 2. The third kappa shape index (κ3) is 4.95. The van der Waals surface area contributed by atoms with Crippen LogP contribution in [0.2, 0.25) is 26.2 Å². The smallest absolute Gasteiger partial charge is 0.143 e. The van der Waals surface area contributed by atoms with Crippen molar-refractivity contribution in [1.82, 2.24) is 0 Å². The van der Waals surface area contributed by atoms with Crippen molar-refractivity contribution in [2.45, 2.75) is 26.2 Å². The minimum absolute atomic E-state index is 0.883. The van der Waals surface area contributed by atoms with Crippen molar-refractivity contribution in [3.05, 3.63) is 182 Å². The van der Waals surface area contributed by atoms with Gasteiger partial charge in [-0.15, -0.1) is 0 Å². The van der Waals surface area contributed by atoms with Gasteiger partial charge in [-0.3, -0.25) is 0 Å². The summed E-state index contributed by atoms with van der Waals surface area (Å²) in [4.78, 5) is 0. The van der Waals surface area contributed by atoms with Gasteiger partial charge in [0.05, 0.1) is 0 Å². The second-order valence-corrected chi connectivity index (χ2v) is 30.2. The normalized spacial score (nSPS) is 14.6. The molecule has 11 aromatic carbocycles. The van der Waals surface area contributed by atoms with Crippen LogP contribution in [0.3, 0.4) is 0 Å². The van der Waals surface area contributed by atoms with E-state index in [2.05, 4.69) is 208 Å². The molecule has 0 saturated carbocycles. The van der Waals surface area contributed by atoms with E-state index in [0.29, 0.717) is 0 Å². The summed E-state index contributed by atoms with van der Waals surface area (Å²) in [6, 6.07) is 66.8. The topological polar surface area (TPSA) is 52.6 Å². The van der Waals surface area contributed by atoms with Gasteiger partial charge in [-0.1, -0.05) is 148 Å². The van der Waals surface area contributed by atoms with Crippen LogP contribution < -0.4 is 20.7 Å². The lowest BCUT2D eigenvalue weighted by Gasteiger charge is -2.22. The van der Waals surface area contributed by atoms with Crippen molar-refractivity contribution >= 4 is 146 Å². The SMILES string of the molecule is C[Si]1(C)c2cc3c(cc2-c2c1cc(-c1ccc4c(c1)oc1cc5ccccc5cc14)c1c2oc2ccccc21)[Si](C)(C)c1cc(-c2ccc4c(c2)oc2cc5ccccc5cc24)c2oc4ccccc4c2c1-3. The Morgan fingerprint density at radius 3 is 1.29 bits per heavy atom. The van der Waals surface area contributed by atoms with E-state index >= 15 is 0 Å². The van der Waals surface area contributed by atoms with Gasteiger partial charge in [0, 0.05) is 54.2 Å². The number of fused-ring (bicyclic) bond motifs is 22. The molecule has 0 amide bonds. The second-order valence-electron chi connectivity index (χ2n) is 21.5. The lowest BCUT2D eigenvalue weighted by Crippen LogP contribution is -2.51. The lowest BCUT2D eigenvalue weighted by atomic mass is 9.92. The summed E-state index contributed by atoms with van der Waals surface area (Å²) in [6.07, 6.45) is 0. The summed E-state index contributed by atoms with van der Waals surface area (Å²) in [7, 11) is -4.71. The van der Waals surface area contributed by atoms with Crippen LogP contribution in [0.4, 0.5) is 0 Å². The van der Waals surface area contributed by atoms with Gasteiger partial charge in [0.15, 0.2) is 0 Å². The average Bonchev–Trinajstić information content (AvgIpc) is 4.24. The van der Waals surface area contributed by atoms with Crippen molar-refractivity contribution < 1.29 is 17.7 Å². The largest absolute Gasteiger partial charge is 0.456 e. The molecule has 0 aliphatic carbocycles. The first-order valence-corrected chi connectivity index (χ1v) is 31.0. The number of furan rings is 4. The van der Waals surface area contributed by atoms with Crippen LogP contribution >= 0.6 is 0 Å². The zero-order valence-corrected chi connectivity index (χ0v) is 42.0. The zero-order valence-electron chi connectivity index (χ0n) is 40.0. The van der Waals surface area contributed by atoms with Crippen LogP contribution in [0.15, 0.2) is 200 Å². The Morgan fingerprint density at radius 1 is 0.278 bits per heavy atom. The van der Waals surface area contributed by atoms with Gasteiger partial charge in [0.2, 0.25) is 0 Å². The second kappa shape index (κ2) is 13.3. The minimum atomic E-state index is -2.36. The van der Waals surface area contributed by atoms with Crippen LogP contribution in [0.1, 0.15) is 0 Å². The molecule has 4 aromatic heterocycles. The molecule has 0 N–H and O–H groups in total. The Balaban J connectivity index is 0.876. The Morgan fingerprint density at radius 2 is 0.708 bits per heavy atom. The Labute approximate surface area is 414 Å². The molecule has 338 valence electrons. The minimum Gasteiger partial charge on any atom is -0.456 e. The maximum absolute atomic E-state index is 7.14. The predicted molar refractivity (Wildman–Crippen MR) is 306 cm³/mol. The molecule has 4 nitrogen and oxygen atoms in total. The highest BCUT2D eigenvalue weighted by Crippen LogP contribution is 2.49. The molecule has 72 heavy (non-hydrogen) atoms. The Bertz CT molecular complexity index is 5000. The Kier molecular flexibility index (Phi) is 7.26. The van der Waals surface area contributed by atoms with Gasteiger partial charge >= 0.3 is 0 Å². The molecule has 0 fully saturated rings. The highest BCUT2D eigenvalue weighted by molar-refractivity contribution is 7.06. The van der Waals surface area contributed by atoms with E-state index in [1.165, 1.54) is 75.5 Å². The fourth-order valence-electron chi connectivity index (χ4n) is 13.4. The fourth-order valence-corrected chi connectivity index (χ4v) is 19.5. The van der Waals surface area contributed by atoms with Crippen LogP contribution in [0.5, 0.6) is 0 Å². The first kappa shape index (κ1) is 39.3. The van der Waals surface area contributed by atoms with Gasteiger partial charge in [0.25, 0.3) is 0 Å². The molecule has 2 aliphatic rings. The number of hydrogen-bond donors (Lipinski definition) is 0. The molecule has 0 atom stereocenters. The van der Waals surface area contributed by atoms with E-state index in [1.807, 2.05) is 0 Å². The Hall–Kier alpha value is -8.43. The van der Waals surface area contributed by atoms with E-state index in [0.717, 1.165) is 99.1 Å². The van der Waals surface area contributed by atoms with Crippen LogP contribution in [0.25, 0.3) is 154 Å². The first-order chi connectivity index (χ1) is 35.2. The van der Waals surface area contributed by atoms with E-state index in [-0.39, 0.29) is 0 Å². The predicted octanol–water partition coefficient (Wildman–Crippen LogP) is 16.5. The summed E-state index contributed by atoms with van der Waals surface area (Å²) < 4.78 is 27.5. The van der Waals surface area contributed by atoms with Gasteiger partial charge in [-0.05, 0) is 136 Å². The summed E-state index contributed by atoms with van der Waals surface area (Å²) in [6.45, 7) is 10.2. The molecule has 0 bridgehead atoms. The van der Waals surface area contributed by atoms with Crippen LogP contribution in [-0.2, 0) is 0 Å². The quantitative estimate of drug-likeness (QED) is 0.162. The molecule has 0 spiro atoms. The summed E-state index contributed by atoms with van der Waals surface area (Å²) in [5.74, 6) is 0. The van der Waals surface area contributed by atoms with Gasteiger partial charge in [0.1, 0.15) is 60.8 Å². The standard InChI is InChI=1S/C66H42O4Si2/c1-71(2)57-34-50-58(33-49(57)62-59(71)32-46(65-64(62)44-18-10-12-20-52(44)69-65)40-22-24-42-48-26-36-14-6-8-16-38(36)28-56(48)68-54(42)30-40)72(3,4)60-31-45(61-43-17-9-11-19-51(43)70-66(61)63(50)60)39-21-23-41-47-25-35-13-5-7-15-37(35)27-55(47)67-53(41)29-39/h5-34H,1-4H3. The van der Waals surface area contributed by atoms with E-state index in [1.54, 1.807) is 0 Å².